The maximum Gasteiger partial charge on any atom is 0.292 e. The molecule has 4 unspecified atom stereocenters. The SMILES string of the molecule is N#COc1ccc(CC(N=C=O)C(=O)COCOCC(=O)C(Cc2ccc(N=C=O)cc2)N=C=O)cc1.Nc1ccc(CC(N)CCOCOCC(=O)C(N)Cc2ccc(N)cc2)cc1. The lowest BCUT2D eigenvalue weighted by atomic mass is 10.0. The van der Waals surface area contributed by atoms with Crippen molar-refractivity contribution < 1.29 is 52.5 Å². The van der Waals surface area contributed by atoms with Crippen molar-refractivity contribution in [2.45, 2.75) is 56.3 Å². The molecule has 0 aliphatic rings. The first-order valence-electron chi connectivity index (χ1n) is 20.0. The minimum absolute atomic E-state index is 0.0152. The Kier molecular flexibility index (Phi) is 23.9. The largest absolute Gasteiger partial charge is 0.399 e. The number of ketones is 3. The topological polar surface area (TPSA) is 314 Å². The minimum Gasteiger partial charge on any atom is -0.399 e. The van der Waals surface area contributed by atoms with Crippen LogP contribution < -0.4 is 27.7 Å². The summed E-state index contributed by atoms with van der Waals surface area (Å²) in [5.41, 5.74) is 28.6. The number of nitrogens with two attached hydrogens (primary N) is 4. The summed E-state index contributed by atoms with van der Waals surface area (Å²) in [4.78, 5) is 79.1. The van der Waals surface area contributed by atoms with E-state index in [1.54, 1.807) is 54.8 Å². The molecule has 19 nitrogen and oxygen atoms in total. The van der Waals surface area contributed by atoms with Gasteiger partial charge in [-0.05, 0) is 90.0 Å². The van der Waals surface area contributed by atoms with Crippen molar-refractivity contribution in [3.05, 3.63) is 119 Å². The number of hydrogen-bond donors (Lipinski definition) is 4. The van der Waals surface area contributed by atoms with Crippen LogP contribution in [0.15, 0.2) is 112 Å². The summed E-state index contributed by atoms with van der Waals surface area (Å²) < 4.78 is 25.6. The molecule has 4 rings (SSSR count). The van der Waals surface area contributed by atoms with E-state index in [0.29, 0.717) is 47.7 Å². The number of aliphatic imine (C=N–C) groups is 3. The lowest BCUT2D eigenvalue weighted by molar-refractivity contribution is -0.136. The number of hydrogen-bond acceptors (Lipinski definition) is 19. The first-order valence-corrected chi connectivity index (χ1v) is 20.0. The highest BCUT2D eigenvalue weighted by Gasteiger charge is 2.21. The molecule has 0 aliphatic carbocycles. The van der Waals surface area contributed by atoms with Gasteiger partial charge < -0.3 is 46.6 Å². The smallest absolute Gasteiger partial charge is 0.292 e. The molecule has 0 amide bonds. The normalized spacial score (nSPS) is 12.2. The molecule has 0 aromatic heterocycles. The molecule has 0 aliphatic heterocycles. The number of nitriles is 1. The number of nitrogen functional groups attached to an aromatic ring is 2. The van der Waals surface area contributed by atoms with Crippen LogP contribution in [0.5, 0.6) is 5.75 Å². The molecule has 4 aromatic rings. The van der Waals surface area contributed by atoms with Crippen molar-refractivity contribution in [2.24, 2.45) is 26.4 Å². The molecule has 0 spiro atoms. The zero-order valence-corrected chi connectivity index (χ0v) is 35.4. The number of rotatable bonds is 28. The Morgan fingerprint density at radius 2 is 0.985 bits per heavy atom. The molecular formula is C46H50N8O11. The quantitative estimate of drug-likeness (QED) is 0.0159. The van der Waals surface area contributed by atoms with Gasteiger partial charge in [0.1, 0.15) is 51.2 Å². The number of benzene rings is 4. The molecule has 340 valence electrons. The van der Waals surface area contributed by atoms with Crippen LogP contribution in [-0.4, -0.2) is 99.8 Å². The first kappa shape index (κ1) is 52.0. The van der Waals surface area contributed by atoms with E-state index in [4.69, 9.17) is 47.1 Å². The van der Waals surface area contributed by atoms with Gasteiger partial charge >= 0.3 is 0 Å². The number of isocyanates is 3. The number of carbonyl (C=O) groups is 3. The Morgan fingerprint density at radius 1 is 0.554 bits per heavy atom. The highest BCUT2D eigenvalue weighted by Crippen LogP contribution is 2.16. The minimum atomic E-state index is -1.05. The van der Waals surface area contributed by atoms with Gasteiger partial charge in [-0.3, -0.25) is 14.4 Å². The second-order valence-electron chi connectivity index (χ2n) is 14.2. The third-order valence-corrected chi connectivity index (χ3v) is 9.24. The van der Waals surface area contributed by atoms with Crippen LogP contribution in [0.4, 0.5) is 17.1 Å². The van der Waals surface area contributed by atoms with Gasteiger partial charge in [-0.2, -0.15) is 15.0 Å². The molecule has 0 radical (unpaired) electrons. The lowest BCUT2D eigenvalue weighted by Gasteiger charge is -2.13. The van der Waals surface area contributed by atoms with Gasteiger partial charge in [-0.25, -0.2) is 14.4 Å². The number of nitrogens with zero attached hydrogens (tertiary/aromatic N) is 4. The molecule has 8 N–H and O–H groups in total. The molecule has 4 atom stereocenters. The van der Waals surface area contributed by atoms with Crippen molar-refractivity contribution in [1.82, 2.24) is 0 Å². The average Bonchev–Trinajstić information content (AvgIpc) is 3.30. The Labute approximate surface area is 375 Å². The van der Waals surface area contributed by atoms with E-state index in [2.05, 4.69) is 19.7 Å². The van der Waals surface area contributed by atoms with Crippen LogP contribution >= 0.6 is 0 Å². The van der Waals surface area contributed by atoms with Crippen molar-refractivity contribution in [3.8, 4) is 12.0 Å². The van der Waals surface area contributed by atoms with E-state index >= 15 is 0 Å². The van der Waals surface area contributed by atoms with Crippen LogP contribution in [0.1, 0.15) is 28.7 Å². The number of Topliss-reactive ketones (excluding diaryl/α,β-unsaturated/α-hetero) is 3. The van der Waals surface area contributed by atoms with Crippen LogP contribution in [0, 0.1) is 11.5 Å². The zero-order chi connectivity index (χ0) is 47.2. The maximum absolute atomic E-state index is 12.4. The van der Waals surface area contributed by atoms with Gasteiger partial charge in [0.2, 0.25) is 18.2 Å². The van der Waals surface area contributed by atoms with Crippen LogP contribution in [0.2, 0.25) is 0 Å². The monoisotopic (exact) mass is 890 g/mol. The van der Waals surface area contributed by atoms with Crippen molar-refractivity contribution in [1.29, 1.82) is 5.26 Å². The molecule has 0 saturated carbocycles. The van der Waals surface area contributed by atoms with E-state index < -0.39 is 49.7 Å². The zero-order valence-electron chi connectivity index (χ0n) is 35.4. The van der Waals surface area contributed by atoms with Gasteiger partial charge in [0, 0.05) is 30.3 Å². The van der Waals surface area contributed by atoms with Gasteiger partial charge in [0.25, 0.3) is 6.26 Å². The second-order valence-corrected chi connectivity index (χ2v) is 14.2. The van der Waals surface area contributed by atoms with Gasteiger partial charge in [-0.15, -0.1) is 5.26 Å². The first-order chi connectivity index (χ1) is 31.4. The third-order valence-electron chi connectivity index (χ3n) is 9.24. The number of ether oxygens (including phenoxy) is 5. The molecule has 0 fully saturated rings. The molecular weight excluding hydrogens is 841 g/mol. The van der Waals surface area contributed by atoms with E-state index in [1.807, 2.05) is 36.4 Å². The summed E-state index contributed by atoms with van der Waals surface area (Å²) in [5.74, 6) is -0.867. The molecule has 0 heterocycles. The van der Waals surface area contributed by atoms with Crippen molar-refractivity contribution in [2.75, 3.05) is 51.5 Å². The second kappa shape index (κ2) is 29.9. The van der Waals surface area contributed by atoms with Crippen LogP contribution in [0.25, 0.3) is 0 Å². The molecule has 0 saturated heterocycles. The van der Waals surface area contributed by atoms with Crippen molar-refractivity contribution in [3.63, 3.8) is 0 Å². The fourth-order valence-electron chi connectivity index (χ4n) is 5.76. The Bertz CT molecular complexity index is 2290. The predicted octanol–water partition coefficient (Wildman–Crippen LogP) is 3.08. The number of carbonyl (C=O) groups excluding carboxylic acids is 6. The highest BCUT2D eigenvalue weighted by atomic mass is 16.7. The Hall–Kier alpha value is -7.32. The van der Waals surface area contributed by atoms with E-state index in [9.17, 15) is 28.8 Å². The van der Waals surface area contributed by atoms with E-state index in [1.165, 1.54) is 30.4 Å². The highest BCUT2D eigenvalue weighted by molar-refractivity contribution is 5.87. The predicted molar refractivity (Wildman–Crippen MR) is 236 cm³/mol. The van der Waals surface area contributed by atoms with Crippen LogP contribution in [-0.2, 0) is 73.4 Å². The van der Waals surface area contributed by atoms with E-state index in [-0.39, 0.29) is 38.1 Å². The Morgan fingerprint density at radius 3 is 1.46 bits per heavy atom. The lowest BCUT2D eigenvalue weighted by Crippen LogP contribution is -2.35. The summed E-state index contributed by atoms with van der Waals surface area (Å²) in [6.07, 6.45) is 7.77. The number of anilines is 2. The summed E-state index contributed by atoms with van der Waals surface area (Å²) in [7, 11) is 0. The molecule has 19 heteroatoms. The maximum atomic E-state index is 12.4. The Balaban J connectivity index is 0.000000359. The average molecular weight is 891 g/mol. The fraction of sp³-hybridized carbons (Fsp3) is 0.326. The van der Waals surface area contributed by atoms with E-state index in [0.717, 1.165) is 23.2 Å². The van der Waals surface area contributed by atoms with Crippen LogP contribution in [0.3, 0.4) is 0 Å². The molecule has 65 heavy (non-hydrogen) atoms. The van der Waals surface area contributed by atoms with Gasteiger partial charge in [0.05, 0.1) is 18.3 Å². The fourth-order valence-corrected chi connectivity index (χ4v) is 5.76. The summed E-state index contributed by atoms with van der Waals surface area (Å²) in [6, 6.07) is 24.9. The molecule has 4 aromatic carbocycles. The van der Waals surface area contributed by atoms with Crippen molar-refractivity contribution >= 4 is 52.7 Å². The summed E-state index contributed by atoms with van der Waals surface area (Å²) >= 11 is 0. The summed E-state index contributed by atoms with van der Waals surface area (Å²) in [6.45, 7) is -0.870. The third kappa shape index (κ3) is 21.1. The van der Waals surface area contributed by atoms with Gasteiger partial charge in [-0.1, -0.05) is 48.5 Å². The molecule has 0 bridgehead atoms. The summed E-state index contributed by atoms with van der Waals surface area (Å²) in [5, 5.41) is 8.51. The van der Waals surface area contributed by atoms with Gasteiger partial charge in [0.15, 0.2) is 17.3 Å². The standard InChI is InChI=1S/C25H20N4O8.C21H30N4O3/c26-13-37-21-7-3-19(4-8-21)10-23(29-16-32)25(34)12-36-17-35-11-24(33)22(28-15-31)9-18-1-5-20(6-2-18)27-14-30;22-17-5-1-15(2-6-17)11-19(24)9-10-27-14-28-13-21(26)20(25)12-16-3-7-18(23)8-4-16/h1-8,22-23H,9-12,17H2;1-8,19-20H,9-14,22-25H2.